The molecule has 19 heavy (non-hydrogen) atoms. The van der Waals surface area contributed by atoms with Crippen molar-refractivity contribution in [2.75, 3.05) is 0 Å². The van der Waals surface area contributed by atoms with Gasteiger partial charge in [0.05, 0.1) is 11.8 Å². The third-order valence-corrected chi connectivity index (χ3v) is 2.81. The van der Waals surface area contributed by atoms with Crippen LogP contribution in [0.2, 0.25) is 5.02 Å². The lowest BCUT2D eigenvalue weighted by Gasteiger charge is -2.09. The van der Waals surface area contributed by atoms with Gasteiger partial charge in [0, 0.05) is 16.7 Å². The predicted octanol–water partition coefficient (Wildman–Crippen LogP) is 1.83. The van der Waals surface area contributed by atoms with Crippen LogP contribution in [0.15, 0.2) is 47.4 Å². The molecule has 1 N–H and O–H groups in total. The van der Waals surface area contributed by atoms with E-state index in [1.165, 1.54) is 6.07 Å². The molecule has 98 valence electrons. The third-order valence-electron chi connectivity index (χ3n) is 2.44. The smallest absolute Gasteiger partial charge is 0.337 e. The highest BCUT2D eigenvalue weighted by Crippen LogP contribution is 2.14. The average molecular weight is 280 g/mol. The van der Waals surface area contributed by atoms with Crippen LogP contribution >= 0.6 is 11.6 Å². The summed E-state index contributed by atoms with van der Waals surface area (Å²) in [6.45, 7) is 0.0721. The molecule has 1 heterocycles. The normalized spacial score (nSPS) is 10.2. The van der Waals surface area contributed by atoms with E-state index in [4.69, 9.17) is 21.5 Å². The molecule has 0 aliphatic rings. The lowest BCUT2D eigenvalue weighted by molar-refractivity contribution is 0.0674. The number of halogens is 1. The Morgan fingerprint density at radius 1 is 1.26 bits per heavy atom. The zero-order chi connectivity index (χ0) is 13.8. The molecule has 1 aromatic carbocycles. The molecule has 2 aromatic rings. The monoisotopic (exact) mass is 279 g/mol. The summed E-state index contributed by atoms with van der Waals surface area (Å²) in [5.41, 5.74) is 0.229. The maximum Gasteiger partial charge on any atom is 0.337 e. The number of benzene rings is 1. The van der Waals surface area contributed by atoms with Crippen LogP contribution < -0.4 is 10.4 Å². The molecule has 5 nitrogen and oxygen atoms in total. The highest BCUT2D eigenvalue weighted by molar-refractivity contribution is 6.31. The van der Waals surface area contributed by atoms with Gasteiger partial charge in [-0.1, -0.05) is 29.8 Å². The van der Waals surface area contributed by atoms with Gasteiger partial charge in [0.1, 0.15) is 6.61 Å². The summed E-state index contributed by atoms with van der Waals surface area (Å²) in [5, 5.41) is 9.36. The van der Waals surface area contributed by atoms with Crippen LogP contribution in [-0.4, -0.2) is 15.8 Å². The van der Waals surface area contributed by atoms with Crippen LogP contribution in [0.3, 0.4) is 0 Å². The summed E-state index contributed by atoms with van der Waals surface area (Å²) < 4.78 is 0.882. The summed E-state index contributed by atoms with van der Waals surface area (Å²) in [7, 11) is 0. The second kappa shape index (κ2) is 5.58. The van der Waals surface area contributed by atoms with Crippen molar-refractivity contribution in [1.82, 2.24) is 4.73 Å². The Kier molecular flexibility index (Phi) is 3.87. The van der Waals surface area contributed by atoms with Gasteiger partial charge in [0.15, 0.2) is 0 Å². The Morgan fingerprint density at radius 3 is 2.68 bits per heavy atom. The fraction of sp³-hybridized carbons (Fsp3) is 0.0769. The highest BCUT2D eigenvalue weighted by atomic mass is 35.5. The molecule has 0 spiro atoms. The molecular formula is C13H10ClNO4. The Morgan fingerprint density at radius 2 is 2.00 bits per heavy atom. The molecule has 0 fully saturated rings. The molecule has 0 unspecified atom stereocenters. The SMILES string of the molecule is O=C(O)c1ccc(=O)n(OCc2ccccc2Cl)c1. The molecule has 1 aromatic heterocycles. The number of nitrogens with zero attached hydrogens (tertiary/aromatic N) is 1. The molecule has 0 bridgehead atoms. The molecule has 2 rings (SSSR count). The van der Waals surface area contributed by atoms with Crippen molar-refractivity contribution >= 4 is 17.6 Å². The third kappa shape index (κ3) is 3.14. The molecule has 0 atom stereocenters. The van der Waals surface area contributed by atoms with E-state index >= 15 is 0 Å². The lowest BCUT2D eigenvalue weighted by atomic mass is 10.2. The van der Waals surface area contributed by atoms with Crippen molar-refractivity contribution in [2.45, 2.75) is 6.61 Å². The molecule has 0 aliphatic heterocycles. The topological polar surface area (TPSA) is 68.5 Å². The summed E-state index contributed by atoms with van der Waals surface area (Å²) in [6, 6.07) is 9.39. The van der Waals surface area contributed by atoms with Crippen LogP contribution in [0.4, 0.5) is 0 Å². The molecular weight excluding hydrogens is 270 g/mol. The number of aromatic carboxylic acids is 1. The first-order valence-electron chi connectivity index (χ1n) is 5.40. The van der Waals surface area contributed by atoms with Crippen molar-refractivity contribution in [2.24, 2.45) is 0 Å². The van der Waals surface area contributed by atoms with Crippen LogP contribution in [0.1, 0.15) is 15.9 Å². The quantitative estimate of drug-likeness (QED) is 0.927. The first kappa shape index (κ1) is 13.2. The maximum atomic E-state index is 11.5. The zero-order valence-corrected chi connectivity index (χ0v) is 10.5. The molecule has 0 saturated heterocycles. The number of hydrogen-bond donors (Lipinski definition) is 1. The van der Waals surface area contributed by atoms with Gasteiger partial charge in [-0.2, -0.15) is 4.73 Å². The number of pyridine rings is 1. The van der Waals surface area contributed by atoms with Crippen LogP contribution in [-0.2, 0) is 6.61 Å². The van der Waals surface area contributed by atoms with Gasteiger partial charge in [0.2, 0.25) is 0 Å². The van der Waals surface area contributed by atoms with Gasteiger partial charge in [0.25, 0.3) is 5.56 Å². The number of carboxylic acids is 1. The van der Waals surface area contributed by atoms with Gasteiger partial charge >= 0.3 is 5.97 Å². The maximum absolute atomic E-state index is 11.5. The van der Waals surface area contributed by atoms with E-state index in [0.717, 1.165) is 17.0 Å². The Labute approximate surface area is 113 Å². The Bertz CT molecular complexity index is 666. The van der Waals surface area contributed by atoms with Crippen LogP contribution in [0, 0.1) is 0 Å². The van der Waals surface area contributed by atoms with E-state index in [1.807, 2.05) is 0 Å². The minimum Gasteiger partial charge on any atom is -0.478 e. The van der Waals surface area contributed by atoms with E-state index in [9.17, 15) is 9.59 Å². The van der Waals surface area contributed by atoms with E-state index in [2.05, 4.69) is 0 Å². The van der Waals surface area contributed by atoms with Crippen molar-refractivity contribution in [3.63, 3.8) is 0 Å². The molecule has 6 heteroatoms. The number of carbonyl (C=O) groups is 1. The lowest BCUT2D eigenvalue weighted by Crippen LogP contribution is -2.26. The van der Waals surface area contributed by atoms with Crippen molar-refractivity contribution in [3.8, 4) is 0 Å². The van der Waals surface area contributed by atoms with E-state index in [1.54, 1.807) is 24.3 Å². The molecule has 0 radical (unpaired) electrons. The summed E-state index contributed by atoms with van der Waals surface area (Å²) >= 11 is 5.95. The molecule has 0 aliphatic carbocycles. The van der Waals surface area contributed by atoms with Crippen molar-refractivity contribution < 1.29 is 14.7 Å². The standard InChI is InChI=1S/C13H10ClNO4/c14-11-4-2-1-3-10(11)8-19-15-7-9(13(17)18)5-6-12(15)16/h1-7H,8H2,(H,17,18). The fourth-order valence-electron chi connectivity index (χ4n) is 1.45. The molecule has 0 saturated carbocycles. The number of rotatable bonds is 4. The second-order valence-electron chi connectivity index (χ2n) is 3.75. The van der Waals surface area contributed by atoms with E-state index in [-0.39, 0.29) is 12.2 Å². The fourth-order valence-corrected chi connectivity index (χ4v) is 1.64. The van der Waals surface area contributed by atoms with Gasteiger partial charge in [-0.25, -0.2) is 4.79 Å². The Balaban J connectivity index is 2.20. The second-order valence-corrected chi connectivity index (χ2v) is 4.16. The van der Waals surface area contributed by atoms with Crippen molar-refractivity contribution in [3.05, 3.63) is 69.1 Å². The summed E-state index contributed by atoms with van der Waals surface area (Å²) in [6.07, 6.45) is 1.13. The summed E-state index contributed by atoms with van der Waals surface area (Å²) in [5.74, 6) is -1.13. The van der Waals surface area contributed by atoms with E-state index in [0.29, 0.717) is 10.6 Å². The summed E-state index contributed by atoms with van der Waals surface area (Å²) in [4.78, 5) is 27.6. The largest absolute Gasteiger partial charge is 0.478 e. The Hall–Kier alpha value is -2.27. The van der Waals surface area contributed by atoms with E-state index < -0.39 is 11.5 Å². The predicted molar refractivity (Wildman–Crippen MR) is 69.4 cm³/mol. The number of aromatic nitrogens is 1. The highest BCUT2D eigenvalue weighted by Gasteiger charge is 2.06. The number of carboxylic acid groups (broad SMARTS) is 1. The minimum absolute atomic E-state index is 0.0289. The van der Waals surface area contributed by atoms with Crippen LogP contribution in [0.25, 0.3) is 0 Å². The van der Waals surface area contributed by atoms with Gasteiger partial charge in [-0.15, -0.1) is 0 Å². The van der Waals surface area contributed by atoms with Gasteiger partial charge in [-0.3, -0.25) is 4.79 Å². The van der Waals surface area contributed by atoms with Crippen molar-refractivity contribution in [1.29, 1.82) is 0 Å². The average Bonchev–Trinajstić information content (AvgIpc) is 2.39. The first-order valence-corrected chi connectivity index (χ1v) is 5.78. The molecule has 0 amide bonds. The van der Waals surface area contributed by atoms with Gasteiger partial charge < -0.3 is 9.94 Å². The minimum atomic E-state index is -1.13. The van der Waals surface area contributed by atoms with Crippen LogP contribution in [0.5, 0.6) is 0 Å². The zero-order valence-electron chi connectivity index (χ0n) is 9.75. The first-order chi connectivity index (χ1) is 9.08. The van der Waals surface area contributed by atoms with Gasteiger partial charge in [-0.05, 0) is 12.1 Å². The number of hydrogen-bond acceptors (Lipinski definition) is 3.